The van der Waals surface area contributed by atoms with Crippen LogP contribution >= 0.6 is 0 Å². The molecule has 0 radical (unpaired) electrons. The Labute approximate surface area is 97.4 Å². The maximum atomic E-state index is 5.72. The predicted octanol–water partition coefficient (Wildman–Crippen LogP) is 3.38. The zero-order valence-electron chi connectivity index (χ0n) is 9.56. The maximum absolute atomic E-state index is 5.72. The lowest BCUT2D eigenvalue weighted by molar-refractivity contribution is 0.0932. The van der Waals surface area contributed by atoms with Gasteiger partial charge in [-0.05, 0) is 24.0 Å². The number of hydrogen-bond donors (Lipinski definition) is 0. The monoisotopic (exact) mass is 214 g/mol. The Morgan fingerprint density at radius 2 is 2.06 bits per heavy atom. The largest absolute Gasteiger partial charge is 0.373 e. The highest BCUT2D eigenvalue weighted by Gasteiger charge is 2.28. The van der Waals surface area contributed by atoms with Crippen LogP contribution in [0, 0.1) is 5.92 Å². The molecule has 0 aliphatic carbocycles. The number of hydrogen-bond acceptors (Lipinski definition) is 1. The molecule has 1 aromatic carbocycles. The van der Waals surface area contributed by atoms with Gasteiger partial charge in [-0.15, -0.1) is 6.58 Å². The standard InChI is InChI=1S/C15H18O/c1-3-14-12(2)11-16-15(14)10-9-13-7-5-4-6-8-13/h3-8,14-15H,1-2,9-11H2. The predicted molar refractivity (Wildman–Crippen MR) is 67.3 cm³/mol. The third-order valence-corrected chi connectivity index (χ3v) is 3.17. The summed E-state index contributed by atoms with van der Waals surface area (Å²) >= 11 is 0. The van der Waals surface area contributed by atoms with Gasteiger partial charge in [-0.3, -0.25) is 0 Å². The van der Waals surface area contributed by atoms with E-state index in [-0.39, 0.29) is 6.10 Å². The van der Waals surface area contributed by atoms with Gasteiger partial charge < -0.3 is 4.74 Å². The molecular formula is C15H18O. The Morgan fingerprint density at radius 1 is 1.31 bits per heavy atom. The first-order valence-electron chi connectivity index (χ1n) is 5.77. The quantitative estimate of drug-likeness (QED) is 0.698. The molecule has 2 rings (SSSR count). The Bertz CT molecular complexity index is 366. The van der Waals surface area contributed by atoms with Crippen LogP contribution in [0.4, 0.5) is 0 Å². The molecule has 0 N–H and O–H groups in total. The molecule has 1 heteroatoms. The number of ether oxygens (including phenoxy) is 1. The van der Waals surface area contributed by atoms with Crippen LogP contribution in [0.15, 0.2) is 55.1 Å². The van der Waals surface area contributed by atoms with Gasteiger partial charge in [-0.1, -0.05) is 43.0 Å². The number of aryl methyl sites for hydroxylation is 1. The van der Waals surface area contributed by atoms with Crippen LogP contribution in [-0.2, 0) is 11.2 Å². The topological polar surface area (TPSA) is 9.23 Å². The van der Waals surface area contributed by atoms with Gasteiger partial charge in [0.15, 0.2) is 0 Å². The van der Waals surface area contributed by atoms with E-state index in [1.165, 1.54) is 5.56 Å². The maximum Gasteiger partial charge on any atom is 0.0685 e. The van der Waals surface area contributed by atoms with Crippen LogP contribution in [0.2, 0.25) is 0 Å². The molecule has 1 aromatic rings. The first-order valence-corrected chi connectivity index (χ1v) is 5.77. The van der Waals surface area contributed by atoms with E-state index in [1.807, 2.05) is 12.1 Å². The van der Waals surface area contributed by atoms with Gasteiger partial charge in [0.1, 0.15) is 0 Å². The van der Waals surface area contributed by atoms with E-state index in [0.29, 0.717) is 12.5 Å². The van der Waals surface area contributed by atoms with E-state index >= 15 is 0 Å². The van der Waals surface area contributed by atoms with Gasteiger partial charge in [0, 0.05) is 5.92 Å². The van der Waals surface area contributed by atoms with Crippen molar-refractivity contribution in [2.75, 3.05) is 6.61 Å². The Kier molecular flexibility index (Phi) is 3.58. The highest BCUT2D eigenvalue weighted by atomic mass is 16.5. The van der Waals surface area contributed by atoms with Crippen molar-refractivity contribution in [1.82, 2.24) is 0 Å². The number of rotatable bonds is 4. The first-order chi connectivity index (χ1) is 7.81. The van der Waals surface area contributed by atoms with Crippen molar-refractivity contribution in [3.05, 3.63) is 60.7 Å². The van der Waals surface area contributed by atoms with Gasteiger partial charge >= 0.3 is 0 Å². The minimum Gasteiger partial charge on any atom is -0.373 e. The van der Waals surface area contributed by atoms with Gasteiger partial charge in [0.2, 0.25) is 0 Å². The zero-order chi connectivity index (χ0) is 11.4. The van der Waals surface area contributed by atoms with Gasteiger partial charge in [-0.2, -0.15) is 0 Å². The highest BCUT2D eigenvalue weighted by Crippen LogP contribution is 2.29. The lowest BCUT2D eigenvalue weighted by Crippen LogP contribution is -2.15. The molecular weight excluding hydrogens is 196 g/mol. The second-order valence-corrected chi connectivity index (χ2v) is 4.29. The molecule has 2 atom stereocenters. The van der Waals surface area contributed by atoms with Crippen molar-refractivity contribution in [1.29, 1.82) is 0 Å². The molecule has 1 aliphatic heterocycles. The van der Waals surface area contributed by atoms with Gasteiger partial charge in [0.05, 0.1) is 12.7 Å². The highest BCUT2D eigenvalue weighted by molar-refractivity contribution is 5.18. The Morgan fingerprint density at radius 3 is 2.75 bits per heavy atom. The summed E-state index contributed by atoms with van der Waals surface area (Å²) in [6.07, 6.45) is 4.33. The fourth-order valence-electron chi connectivity index (χ4n) is 2.21. The fraction of sp³-hybridized carbons (Fsp3) is 0.333. The average molecular weight is 214 g/mol. The van der Waals surface area contributed by atoms with Crippen LogP contribution in [-0.4, -0.2) is 12.7 Å². The molecule has 0 bridgehead atoms. The van der Waals surface area contributed by atoms with Crippen molar-refractivity contribution < 1.29 is 4.74 Å². The van der Waals surface area contributed by atoms with Crippen LogP contribution in [0.25, 0.3) is 0 Å². The first kappa shape index (κ1) is 11.2. The van der Waals surface area contributed by atoms with Gasteiger partial charge in [0.25, 0.3) is 0 Å². The van der Waals surface area contributed by atoms with Crippen LogP contribution in [0.3, 0.4) is 0 Å². The molecule has 84 valence electrons. The second-order valence-electron chi connectivity index (χ2n) is 4.29. The minimum atomic E-state index is 0.269. The normalized spacial score (nSPS) is 24.6. The van der Waals surface area contributed by atoms with Crippen LogP contribution < -0.4 is 0 Å². The van der Waals surface area contributed by atoms with Crippen molar-refractivity contribution in [2.24, 2.45) is 5.92 Å². The molecule has 1 saturated heterocycles. The van der Waals surface area contributed by atoms with Crippen molar-refractivity contribution in [2.45, 2.75) is 18.9 Å². The number of benzene rings is 1. The molecule has 0 aromatic heterocycles. The summed E-state index contributed by atoms with van der Waals surface area (Å²) in [5.41, 5.74) is 2.53. The molecule has 0 saturated carbocycles. The molecule has 1 aliphatic rings. The molecule has 1 nitrogen and oxygen atoms in total. The Hall–Kier alpha value is -1.34. The van der Waals surface area contributed by atoms with E-state index in [0.717, 1.165) is 18.4 Å². The summed E-state index contributed by atoms with van der Waals surface area (Å²) in [4.78, 5) is 0. The van der Waals surface area contributed by atoms with E-state index in [1.54, 1.807) is 0 Å². The summed E-state index contributed by atoms with van der Waals surface area (Å²) in [5, 5.41) is 0. The molecule has 0 amide bonds. The Balaban J connectivity index is 1.91. The third-order valence-electron chi connectivity index (χ3n) is 3.17. The zero-order valence-corrected chi connectivity index (χ0v) is 9.56. The molecule has 1 heterocycles. The molecule has 1 fully saturated rings. The van der Waals surface area contributed by atoms with Crippen LogP contribution in [0.1, 0.15) is 12.0 Å². The molecule has 16 heavy (non-hydrogen) atoms. The van der Waals surface area contributed by atoms with Crippen molar-refractivity contribution in [3.63, 3.8) is 0 Å². The second kappa shape index (κ2) is 5.13. The van der Waals surface area contributed by atoms with Crippen molar-refractivity contribution in [3.8, 4) is 0 Å². The van der Waals surface area contributed by atoms with Crippen LogP contribution in [0.5, 0.6) is 0 Å². The summed E-state index contributed by atoms with van der Waals surface area (Å²) in [5.74, 6) is 0.337. The summed E-state index contributed by atoms with van der Waals surface area (Å²) in [7, 11) is 0. The van der Waals surface area contributed by atoms with E-state index in [9.17, 15) is 0 Å². The smallest absolute Gasteiger partial charge is 0.0685 e. The molecule has 0 spiro atoms. The van der Waals surface area contributed by atoms with Gasteiger partial charge in [-0.25, -0.2) is 0 Å². The summed E-state index contributed by atoms with van der Waals surface area (Å²) in [6.45, 7) is 8.56. The van der Waals surface area contributed by atoms with E-state index in [4.69, 9.17) is 4.74 Å². The summed E-state index contributed by atoms with van der Waals surface area (Å²) < 4.78 is 5.72. The van der Waals surface area contributed by atoms with Crippen molar-refractivity contribution >= 4 is 0 Å². The lowest BCUT2D eigenvalue weighted by atomic mass is 9.93. The fourth-order valence-corrected chi connectivity index (χ4v) is 2.21. The molecule has 2 unspecified atom stereocenters. The minimum absolute atomic E-state index is 0.269. The third kappa shape index (κ3) is 2.42. The summed E-state index contributed by atoms with van der Waals surface area (Å²) in [6, 6.07) is 10.5. The lowest BCUT2D eigenvalue weighted by Gasteiger charge is -2.15. The van der Waals surface area contributed by atoms with E-state index in [2.05, 4.69) is 37.4 Å². The SMILES string of the molecule is C=CC1C(=C)COC1CCc1ccccc1. The average Bonchev–Trinajstić information content (AvgIpc) is 2.68. The van der Waals surface area contributed by atoms with E-state index < -0.39 is 0 Å².